The predicted octanol–water partition coefficient (Wildman–Crippen LogP) is 3.64. The third-order valence-electron chi connectivity index (χ3n) is 4.56. The number of pyridine rings is 1. The summed E-state index contributed by atoms with van der Waals surface area (Å²) in [4.78, 5) is 4.48. The van der Waals surface area contributed by atoms with Gasteiger partial charge in [0.1, 0.15) is 0 Å². The fraction of sp³-hybridized carbons (Fsp3) is 0.706. The maximum atomic E-state index is 5.18. The molecule has 1 fully saturated rings. The van der Waals surface area contributed by atoms with Crippen molar-refractivity contribution in [3.05, 3.63) is 23.9 Å². The SMILES string of the molecule is COc1cccc(CNC2CC(C)CCC2C(C)C)n1. The molecule has 1 aliphatic rings. The molecule has 1 N–H and O–H groups in total. The van der Waals surface area contributed by atoms with E-state index in [-0.39, 0.29) is 0 Å². The van der Waals surface area contributed by atoms with Gasteiger partial charge >= 0.3 is 0 Å². The van der Waals surface area contributed by atoms with Crippen LogP contribution in [0.5, 0.6) is 5.88 Å². The predicted molar refractivity (Wildman–Crippen MR) is 82.8 cm³/mol. The second kappa shape index (κ2) is 7.07. The van der Waals surface area contributed by atoms with Gasteiger partial charge in [-0.25, -0.2) is 4.98 Å². The number of ether oxygens (including phenoxy) is 1. The Morgan fingerprint density at radius 2 is 2.15 bits per heavy atom. The first-order valence-electron chi connectivity index (χ1n) is 7.83. The Morgan fingerprint density at radius 1 is 1.35 bits per heavy atom. The summed E-state index contributed by atoms with van der Waals surface area (Å²) >= 11 is 0. The quantitative estimate of drug-likeness (QED) is 0.891. The highest BCUT2D eigenvalue weighted by atomic mass is 16.5. The van der Waals surface area contributed by atoms with Crippen molar-refractivity contribution in [2.24, 2.45) is 17.8 Å². The van der Waals surface area contributed by atoms with Gasteiger partial charge in [-0.15, -0.1) is 0 Å². The van der Waals surface area contributed by atoms with Crippen molar-refractivity contribution in [1.82, 2.24) is 10.3 Å². The van der Waals surface area contributed by atoms with E-state index in [1.807, 2.05) is 12.1 Å². The van der Waals surface area contributed by atoms with Gasteiger partial charge in [0.25, 0.3) is 0 Å². The zero-order valence-electron chi connectivity index (χ0n) is 13.2. The molecule has 0 aliphatic heterocycles. The Hall–Kier alpha value is -1.09. The molecule has 3 unspecified atom stereocenters. The molecule has 20 heavy (non-hydrogen) atoms. The fourth-order valence-corrected chi connectivity index (χ4v) is 3.34. The number of nitrogens with zero attached hydrogens (tertiary/aromatic N) is 1. The van der Waals surface area contributed by atoms with Crippen LogP contribution in [-0.2, 0) is 6.54 Å². The maximum Gasteiger partial charge on any atom is 0.213 e. The summed E-state index contributed by atoms with van der Waals surface area (Å²) < 4.78 is 5.18. The van der Waals surface area contributed by atoms with Crippen molar-refractivity contribution < 1.29 is 4.74 Å². The number of nitrogens with one attached hydrogen (secondary N) is 1. The summed E-state index contributed by atoms with van der Waals surface area (Å²) in [6.45, 7) is 7.89. The largest absolute Gasteiger partial charge is 0.481 e. The summed E-state index contributed by atoms with van der Waals surface area (Å²) in [7, 11) is 1.66. The fourth-order valence-electron chi connectivity index (χ4n) is 3.34. The molecule has 3 atom stereocenters. The zero-order chi connectivity index (χ0) is 14.5. The molecule has 1 aliphatic carbocycles. The Bertz CT molecular complexity index is 419. The highest BCUT2D eigenvalue weighted by Crippen LogP contribution is 2.33. The number of hydrogen-bond donors (Lipinski definition) is 1. The van der Waals surface area contributed by atoms with E-state index in [2.05, 4.69) is 37.1 Å². The number of rotatable bonds is 5. The third-order valence-corrected chi connectivity index (χ3v) is 4.56. The monoisotopic (exact) mass is 276 g/mol. The van der Waals surface area contributed by atoms with Gasteiger partial charge in [-0.1, -0.05) is 33.3 Å². The van der Waals surface area contributed by atoms with Crippen LogP contribution >= 0.6 is 0 Å². The van der Waals surface area contributed by atoms with E-state index in [1.54, 1.807) is 7.11 Å². The molecule has 0 saturated heterocycles. The summed E-state index contributed by atoms with van der Waals surface area (Å²) in [6, 6.07) is 6.58. The Balaban J connectivity index is 1.96. The van der Waals surface area contributed by atoms with E-state index in [0.29, 0.717) is 11.9 Å². The minimum atomic E-state index is 0.617. The maximum absolute atomic E-state index is 5.18. The highest BCUT2D eigenvalue weighted by molar-refractivity contribution is 5.15. The summed E-state index contributed by atoms with van der Waals surface area (Å²) in [5.74, 6) is 3.07. The van der Waals surface area contributed by atoms with Gasteiger partial charge in [0.2, 0.25) is 5.88 Å². The van der Waals surface area contributed by atoms with Crippen LogP contribution in [0.3, 0.4) is 0 Å². The molecule has 0 radical (unpaired) electrons. The summed E-state index contributed by atoms with van der Waals surface area (Å²) in [6.07, 6.45) is 4.01. The molecule has 112 valence electrons. The average molecular weight is 276 g/mol. The van der Waals surface area contributed by atoms with Gasteiger partial charge in [0.15, 0.2) is 0 Å². The van der Waals surface area contributed by atoms with E-state index >= 15 is 0 Å². The molecule has 1 saturated carbocycles. The first-order valence-corrected chi connectivity index (χ1v) is 7.83. The molecule has 0 amide bonds. The van der Waals surface area contributed by atoms with Crippen LogP contribution in [0.2, 0.25) is 0 Å². The molecule has 1 aromatic rings. The van der Waals surface area contributed by atoms with Gasteiger partial charge in [-0.2, -0.15) is 0 Å². The molecule has 3 heteroatoms. The van der Waals surface area contributed by atoms with Gasteiger partial charge in [0, 0.05) is 18.7 Å². The molecule has 2 rings (SSSR count). The minimum absolute atomic E-state index is 0.617. The lowest BCUT2D eigenvalue weighted by atomic mass is 9.74. The lowest BCUT2D eigenvalue weighted by molar-refractivity contribution is 0.168. The first kappa shape index (κ1) is 15.3. The summed E-state index contributed by atoms with van der Waals surface area (Å²) in [5.41, 5.74) is 1.06. The highest BCUT2D eigenvalue weighted by Gasteiger charge is 2.30. The van der Waals surface area contributed by atoms with Gasteiger partial charge < -0.3 is 10.1 Å². The third kappa shape index (κ3) is 3.95. The second-order valence-electron chi connectivity index (χ2n) is 6.48. The minimum Gasteiger partial charge on any atom is -0.481 e. The molecule has 0 aromatic carbocycles. The van der Waals surface area contributed by atoms with Gasteiger partial charge in [-0.05, 0) is 36.7 Å². The standard InChI is InChI=1S/C17H28N2O/c1-12(2)15-9-8-13(3)10-16(15)18-11-14-6-5-7-17(19-14)20-4/h5-7,12-13,15-16,18H,8-11H2,1-4H3. The van der Waals surface area contributed by atoms with Crippen molar-refractivity contribution in [3.8, 4) is 5.88 Å². The topological polar surface area (TPSA) is 34.1 Å². The molecule has 1 heterocycles. The number of aromatic nitrogens is 1. The van der Waals surface area contributed by atoms with E-state index in [0.717, 1.165) is 30.0 Å². The van der Waals surface area contributed by atoms with Crippen LogP contribution in [0.4, 0.5) is 0 Å². The van der Waals surface area contributed by atoms with Crippen LogP contribution in [0.15, 0.2) is 18.2 Å². The van der Waals surface area contributed by atoms with Gasteiger partial charge in [-0.3, -0.25) is 0 Å². The number of hydrogen-bond acceptors (Lipinski definition) is 3. The van der Waals surface area contributed by atoms with Crippen molar-refractivity contribution in [1.29, 1.82) is 0 Å². The molecule has 3 nitrogen and oxygen atoms in total. The molecular formula is C17H28N2O. The zero-order valence-corrected chi connectivity index (χ0v) is 13.2. The lowest BCUT2D eigenvalue weighted by Crippen LogP contribution is -2.42. The Morgan fingerprint density at radius 3 is 2.85 bits per heavy atom. The van der Waals surface area contributed by atoms with Crippen molar-refractivity contribution in [2.45, 2.75) is 52.6 Å². The van der Waals surface area contributed by atoms with E-state index < -0.39 is 0 Å². The normalized spacial score (nSPS) is 26.8. The number of methoxy groups -OCH3 is 1. The van der Waals surface area contributed by atoms with E-state index in [9.17, 15) is 0 Å². The van der Waals surface area contributed by atoms with Crippen molar-refractivity contribution in [2.75, 3.05) is 7.11 Å². The molecule has 0 spiro atoms. The molecular weight excluding hydrogens is 248 g/mol. The smallest absolute Gasteiger partial charge is 0.213 e. The van der Waals surface area contributed by atoms with Crippen molar-refractivity contribution >= 4 is 0 Å². The molecule has 0 bridgehead atoms. The molecule has 1 aromatic heterocycles. The average Bonchev–Trinajstić information content (AvgIpc) is 2.45. The Labute approximate surface area is 123 Å². The van der Waals surface area contributed by atoms with Crippen molar-refractivity contribution in [3.63, 3.8) is 0 Å². The van der Waals surface area contributed by atoms with Crippen LogP contribution < -0.4 is 10.1 Å². The Kier molecular flexibility index (Phi) is 5.41. The van der Waals surface area contributed by atoms with Crippen LogP contribution in [0, 0.1) is 17.8 Å². The summed E-state index contributed by atoms with van der Waals surface area (Å²) in [5, 5.41) is 3.73. The van der Waals surface area contributed by atoms with Crippen LogP contribution in [-0.4, -0.2) is 18.1 Å². The van der Waals surface area contributed by atoms with E-state index in [1.165, 1.54) is 19.3 Å². The van der Waals surface area contributed by atoms with Gasteiger partial charge in [0.05, 0.1) is 12.8 Å². The van der Waals surface area contributed by atoms with Crippen LogP contribution in [0.25, 0.3) is 0 Å². The first-order chi connectivity index (χ1) is 9.60. The van der Waals surface area contributed by atoms with E-state index in [4.69, 9.17) is 4.74 Å². The van der Waals surface area contributed by atoms with Crippen LogP contribution in [0.1, 0.15) is 45.7 Å². The second-order valence-corrected chi connectivity index (χ2v) is 6.48. The lowest BCUT2D eigenvalue weighted by Gasteiger charge is -2.38.